The van der Waals surface area contributed by atoms with Gasteiger partial charge in [0.1, 0.15) is 6.04 Å². The Bertz CT molecular complexity index is 1240. The molecule has 0 saturated heterocycles. The van der Waals surface area contributed by atoms with Gasteiger partial charge in [0.05, 0.1) is 13.2 Å². The Balaban J connectivity index is -0.00000109. The number of rotatable bonds is 54. The summed E-state index contributed by atoms with van der Waals surface area (Å²) in [5.41, 5.74) is 5.87. The minimum Gasteiger partial charge on any atom is -0.481 e. The molecule has 0 aliphatic carbocycles. The lowest BCUT2D eigenvalue weighted by atomic mass is 10.1. The molecular weight excluding hydrogens is 923 g/mol. The average Bonchev–Trinajstić information content (AvgIpc) is 3.38. The number of carbonyl (C=O) groups is 4. The van der Waals surface area contributed by atoms with E-state index in [1.807, 2.05) is 0 Å². The van der Waals surface area contributed by atoms with Crippen LogP contribution in [0.3, 0.4) is 0 Å². The Labute approximate surface area is 457 Å². The molecule has 0 aromatic carbocycles. The fourth-order valence-electron chi connectivity index (χ4n) is 8.28. The van der Waals surface area contributed by atoms with Gasteiger partial charge in [-0.05, 0) is 96.3 Å². The molecule has 0 bridgehead atoms. The number of carboxylic acids is 2. The SMILES string of the molecule is CCCCC/C=C\C/C=C\CCCCCCCC(=O)O.CCCCC/C=C\C/C=C\CCCCCCCC(=O)O.CCCCCCCCCCCCOC(=O)CC[C@H](N)C(=O)OCCCCCCCCCCCC. The summed E-state index contributed by atoms with van der Waals surface area (Å²) in [7, 11) is 0. The molecular formula is C65H121NO8. The van der Waals surface area contributed by atoms with Gasteiger partial charge in [-0.15, -0.1) is 0 Å². The summed E-state index contributed by atoms with van der Waals surface area (Å²) in [6.45, 7) is 9.85. The van der Waals surface area contributed by atoms with Gasteiger partial charge >= 0.3 is 23.9 Å². The summed E-state index contributed by atoms with van der Waals surface area (Å²) in [6, 6.07) is -0.743. The normalized spacial score (nSPS) is 11.8. The second kappa shape index (κ2) is 67.8. The number of carboxylic acid groups (broad SMARTS) is 2. The van der Waals surface area contributed by atoms with Gasteiger partial charge in [0.15, 0.2) is 0 Å². The molecule has 0 amide bonds. The predicted molar refractivity (Wildman–Crippen MR) is 317 cm³/mol. The van der Waals surface area contributed by atoms with Crippen molar-refractivity contribution in [2.45, 2.75) is 329 Å². The summed E-state index contributed by atoms with van der Waals surface area (Å²) in [6.07, 6.45) is 70.0. The van der Waals surface area contributed by atoms with Crippen LogP contribution >= 0.6 is 0 Å². The van der Waals surface area contributed by atoms with Gasteiger partial charge in [-0.2, -0.15) is 0 Å². The van der Waals surface area contributed by atoms with Crippen LogP contribution in [0.5, 0.6) is 0 Å². The molecule has 0 aromatic rings. The standard InChI is InChI=1S/C29H57NO4.2C18H32O2/c1-3-5-7-9-11-13-15-17-19-21-25-33-28(31)24-23-27(30)29(32)34-26-22-20-18-16-14-12-10-8-6-4-2;2*1-2-3-4-5-6-7-8-9-10-11-12-13-14-15-16-17-18(19)20/h27H,3-26,30H2,1-2H3;2*6-7,9-10H,2-5,8,11-17H2,1H3,(H,19,20)/b;2*7-6-,10-9-/t27-;;/m0../s1. The fraction of sp³-hybridized carbons (Fsp3) is 0.815. The van der Waals surface area contributed by atoms with E-state index < -0.39 is 23.9 Å². The number of hydrogen-bond acceptors (Lipinski definition) is 7. The molecule has 434 valence electrons. The third kappa shape index (κ3) is 73.0. The van der Waals surface area contributed by atoms with E-state index in [1.54, 1.807) is 0 Å². The van der Waals surface area contributed by atoms with Crippen molar-refractivity contribution < 1.29 is 38.9 Å². The third-order valence-electron chi connectivity index (χ3n) is 13.1. The summed E-state index contributed by atoms with van der Waals surface area (Å²) >= 11 is 0. The molecule has 0 aliphatic rings. The Kier molecular flexibility index (Phi) is 68.8. The van der Waals surface area contributed by atoms with Crippen molar-refractivity contribution in [2.24, 2.45) is 5.73 Å². The molecule has 0 fully saturated rings. The lowest BCUT2D eigenvalue weighted by Gasteiger charge is -2.11. The molecule has 9 nitrogen and oxygen atoms in total. The molecule has 0 unspecified atom stereocenters. The van der Waals surface area contributed by atoms with Crippen molar-refractivity contribution in [3.8, 4) is 0 Å². The molecule has 4 N–H and O–H groups in total. The summed E-state index contributed by atoms with van der Waals surface area (Å²) < 4.78 is 10.5. The van der Waals surface area contributed by atoms with E-state index in [0.29, 0.717) is 26.1 Å². The first-order chi connectivity index (χ1) is 36.2. The minimum atomic E-state index is -0.743. The van der Waals surface area contributed by atoms with Crippen molar-refractivity contribution >= 4 is 23.9 Å². The van der Waals surface area contributed by atoms with Gasteiger partial charge in [-0.25, -0.2) is 0 Å². The number of esters is 2. The molecule has 0 radical (unpaired) electrons. The number of ether oxygens (including phenoxy) is 2. The van der Waals surface area contributed by atoms with Crippen molar-refractivity contribution in [1.29, 1.82) is 0 Å². The molecule has 1 atom stereocenters. The van der Waals surface area contributed by atoms with Gasteiger partial charge in [0.25, 0.3) is 0 Å². The zero-order valence-electron chi connectivity index (χ0n) is 49.1. The van der Waals surface area contributed by atoms with Crippen LogP contribution in [-0.2, 0) is 28.7 Å². The first kappa shape index (κ1) is 75.0. The number of hydrogen-bond donors (Lipinski definition) is 3. The van der Waals surface area contributed by atoms with E-state index in [4.69, 9.17) is 25.4 Å². The molecule has 0 heterocycles. The van der Waals surface area contributed by atoms with Gasteiger partial charge in [0.2, 0.25) is 0 Å². The average molecular weight is 1040 g/mol. The van der Waals surface area contributed by atoms with Gasteiger partial charge < -0.3 is 25.4 Å². The third-order valence-corrected chi connectivity index (χ3v) is 13.1. The maximum absolute atomic E-state index is 12.0. The molecule has 0 aliphatic heterocycles. The molecule has 0 rings (SSSR count). The highest BCUT2D eigenvalue weighted by Gasteiger charge is 2.17. The molecule has 0 spiro atoms. The number of carbonyl (C=O) groups excluding carboxylic acids is 2. The smallest absolute Gasteiger partial charge is 0.322 e. The topological polar surface area (TPSA) is 153 Å². The Morgan fingerprint density at radius 2 is 0.622 bits per heavy atom. The summed E-state index contributed by atoms with van der Waals surface area (Å²) in [5, 5.41) is 17.0. The Morgan fingerprint density at radius 3 is 0.959 bits per heavy atom. The second-order valence-electron chi connectivity index (χ2n) is 20.6. The highest BCUT2D eigenvalue weighted by molar-refractivity contribution is 5.77. The van der Waals surface area contributed by atoms with Crippen molar-refractivity contribution in [1.82, 2.24) is 0 Å². The zero-order chi connectivity index (χ0) is 54.9. The van der Waals surface area contributed by atoms with Crippen LogP contribution in [0.1, 0.15) is 323 Å². The number of unbranched alkanes of at least 4 members (excludes halogenated alkanes) is 34. The van der Waals surface area contributed by atoms with E-state index in [-0.39, 0.29) is 18.8 Å². The number of allylic oxidation sites excluding steroid dienone is 8. The monoisotopic (exact) mass is 1040 g/mol. The van der Waals surface area contributed by atoms with Crippen molar-refractivity contribution in [2.75, 3.05) is 13.2 Å². The van der Waals surface area contributed by atoms with E-state index >= 15 is 0 Å². The predicted octanol–water partition coefficient (Wildman–Crippen LogP) is 19.8. The lowest BCUT2D eigenvalue weighted by molar-refractivity contribution is -0.147. The first-order valence-electron chi connectivity index (χ1n) is 31.3. The fourth-order valence-corrected chi connectivity index (χ4v) is 8.28. The first-order valence-corrected chi connectivity index (χ1v) is 31.3. The zero-order valence-corrected chi connectivity index (χ0v) is 49.1. The van der Waals surface area contributed by atoms with Crippen LogP contribution in [0.2, 0.25) is 0 Å². The Hall–Kier alpha value is -3.20. The van der Waals surface area contributed by atoms with Crippen LogP contribution in [0.15, 0.2) is 48.6 Å². The maximum atomic E-state index is 12.0. The second-order valence-corrected chi connectivity index (χ2v) is 20.6. The molecule has 74 heavy (non-hydrogen) atoms. The van der Waals surface area contributed by atoms with Crippen LogP contribution in [-0.4, -0.2) is 53.3 Å². The van der Waals surface area contributed by atoms with Crippen molar-refractivity contribution in [3.63, 3.8) is 0 Å². The van der Waals surface area contributed by atoms with E-state index in [2.05, 4.69) is 76.3 Å². The highest BCUT2D eigenvalue weighted by Crippen LogP contribution is 2.14. The van der Waals surface area contributed by atoms with Crippen LogP contribution in [0.4, 0.5) is 0 Å². The largest absolute Gasteiger partial charge is 0.481 e. The van der Waals surface area contributed by atoms with Gasteiger partial charge in [-0.1, -0.05) is 256 Å². The molecule has 9 heteroatoms. The van der Waals surface area contributed by atoms with Crippen LogP contribution in [0.25, 0.3) is 0 Å². The van der Waals surface area contributed by atoms with Gasteiger partial charge in [0, 0.05) is 19.3 Å². The van der Waals surface area contributed by atoms with E-state index in [1.165, 1.54) is 193 Å². The van der Waals surface area contributed by atoms with Gasteiger partial charge in [-0.3, -0.25) is 19.2 Å². The van der Waals surface area contributed by atoms with Crippen molar-refractivity contribution in [3.05, 3.63) is 48.6 Å². The number of nitrogens with two attached hydrogens (primary N) is 1. The number of aliphatic carboxylic acids is 2. The quantitative estimate of drug-likeness (QED) is 0.0307. The highest BCUT2D eigenvalue weighted by atomic mass is 16.5. The molecule has 0 aromatic heterocycles. The van der Waals surface area contributed by atoms with E-state index in [0.717, 1.165) is 77.0 Å². The lowest BCUT2D eigenvalue weighted by Crippen LogP contribution is -2.33. The minimum absolute atomic E-state index is 0.173. The Morgan fingerprint density at radius 1 is 0.351 bits per heavy atom. The molecule has 0 saturated carbocycles. The van der Waals surface area contributed by atoms with E-state index in [9.17, 15) is 19.2 Å². The summed E-state index contributed by atoms with van der Waals surface area (Å²) in [5.74, 6) is -2.02. The summed E-state index contributed by atoms with van der Waals surface area (Å²) in [4.78, 5) is 44.5. The van der Waals surface area contributed by atoms with Crippen LogP contribution < -0.4 is 5.73 Å². The van der Waals surface area contributed by atoms with Crippen LogP contribution in [0, 0.1) is 0 Å². The maximum Gasteiger partial charge on any atom is 0.322 e.